The number of benzene rings is 3. The normalized spacial score (nSPS) is 16.5. The fourth-order valence-corrected chi connectivity index (χ4v) is 3.75. The molecule has 0 atom stereocenters. The molecule has 13 nitrogen and oxygen atoms in total. The third-order valence-corrected chi connectivity index (χ3v) is 6.09. The van der Waals surface area contributed by atoms with Gasteiger partial charge in [-0.25, -0.2) is 28.8 Å². The summed E-state index contributed by atoms with van der Waals surface area (Å²) in [7, 11) is 0. The molecular formula is C32H28O13. The molecule has 0 saturated carbocycles. The van der Waals surface area contributed by atoms with Gasteiger partial charge in [0.1, 0.15) is 39.6 Å². The number of hydrogen-bond acceptors (Lipinski definition) is 13. The Morgan fingerprint density at radius 1 is 0.267 bits per heavy atom. The zero-order valence-corrected chi connectivity index (χ0v) is 23.9. The van der Waals surface area contributed by atoms with Crippen LogP contribution in [-0.4, -0.2) is 88.7 Å². The molecular weight excluding hydrogens is 592 g/mol. The summed E-state index contributed by atoms with van der Waals surface area (Å²) in [6.07, 6.45) is 0. The largest absolute Gasteiger partial charge is 0.460 e. The van der Waals surface area contributed by atoms with Crippen LogP contribution in [0.1, 0.15) is 62.1 Å². The second kappa shape index (κ2) is 16.3. The maximum absolute atomic E-state index is 12.3. The van der Waals surface area contributed by atoms with Crippen molar-refractivity contribution in [3.05, 3.63) is 106 Å². The van der Waals surface area contributed by atoms with Crippen LogP contribution in [-0.2, 0) is 33.2 Å². The number of carbonyl (C=O) groups excluding carboxylic acids is 6. The van der Waals surface area contributed by atoms with Gasteiger partial charge in [0.15, 0.2) is 0 Å². The fraction of sp³-hybridized carbons (Fsp3) is 0.250. The van der Waals surface area contributed by atoms with Gasteiger partial charge in [-0.05, 0) is 72.8 Å². The first-order chi connectivity index (χ1) is 21.8. The van der Waals surface area contributed by atoms with E-state index in [1.165, 1.54) is 72.8 Å². The predicted octanol–water partition coefficient (Wildman–Crippen LogP) is 3.06. The third-order valence-electron chi connectivity index (χ3n) is 6.09. The summed E-state index contributed by atoms with van der Waals surface area (Å²) in [5.74, 6) is -4.02. The van der Waals surface area contributed by atoms with Crippen molar-refractivity contribution in [3.8, 4) is 0 Å². The van der Waals surface area contributed by atoms with Crippen LogP contribution in [0.15, 0.2) is 72.8 Å². The van der Waals surface area contributed by atoms with Gasteiger partial charge in [0.25, 0.3) is 0 Å². The lowest BCUT2D eigenvalue weighted by molar-refractivity contribution is 0.0150. The molecule has 3 aromatic rings. The van der Waals surface area contributed by atoms with E-state index in [2.05, 4.69) is 0 Å². The molecule has 7 rings (SSSR count). The van der Waals surface area contributed by atoms with E-state index >= 15 is 0 Å². The quantitative estimate of drug-likeness (QED) is 0.266. The number of rotatable bonds is 0. The van der Waals surface area contributed by atoms with Crippen LogP contribution >= 0.6 is 0 Å². The Kier molecular flexibility index (Phi) is 11.7. The molecule has 0 radical (unpaired) electrons. The van der Waals surface area contributed by atoms with Crippen LogP contribution < -0.4 is 0 Å². The standard InChI is InChI=1S/C32H28O13/c33-27-21-1-5-23(6-2-21)29(35)42-17-19-44-31(37)25-9-11-26(12-10-25)32(38)45-20-18-43-30(36)24-7-3-22(4-8-24)28(34)41-16-14-39-13-15-40-27/h1-12H,13-20H2. The summed E-state index contributed by atoms with van der Waals surface area (Å²) in [6, 6.07) is 16.7. The van der Waals surface area contributed by atoms with E-state index in [0.717, 1.165) is 0 Å². The summed E-state index contributed by atoms with van der Waals surface area (Å²) in [5, 5.41) is 0. The Balaban J connectivity index is 1.35. The van der Waals surface area contributed by atoms with Crippen LogP contribution in [0, 0.1) is 0 Å². The molecule has 3 aromatic carbocycles. The maximum Gasteiger partial charge on any atom is 0.338 e. The van der Waals surface area contributed by atoms with E-state index in [9.17, 15) is 28.8 Å². The number of hydrogen-bond donors (Lipinski definition) is 0. The van der Waals surface area contributed by atoms with E-state index in [-0.39, 0.29) is 86.2 Å². The van der Waals surface area contributed by atoms with Gasteiger partial charge in [-0.15, -0.1) is 0 Å². The van der Waals surface area contributed by atoms with Crippen LogP contribution in [0.4, 0.5) is 0 Å². The average Bonchev–Trinajstić information content (AvgIpc) is 3.07. The number of esters is 6. The predicted molar refractivity (Wildman–Crippen MR) is 152 cm³/mol. The number of carbonyl (C=O) groups is 6. The van der Waals surface area contributed by atoms with Crippen molar-refractivity contribution in [2.75, 3.05) is 52.9 Å². The molecule has 4 aliphatic rings. The third kappa shape index (κ3) is 9.73. The van der Waals surface area contributed by atoms with Gasteiger partial charge in [-0.1, -0.05) is 0 Å². The monoisotopic (exact) mass is 620 g/mol. The first kappa shape index (κ1) is 32.4. The molecule has 45 heavy (non-hydrogen) atoms. The smallest absolute Gasteiger partial charge is 0.338 e. The second-order valence-electron chi connectivity index (χ2n) is 9.16. The van der Waals surface area contributed by atoms with Crippen molar-refractivity contribution in [1.82, 2.24) is 0 Å². The van der Waals surface area contributed by atoms with Crippen molar-refractivity contribution in [2.45, 2.75) is 0 Å². The fourth-order valence-electron chi connectivity index (χ4n) is 3.75. The lowest BCUT2D eigenvalue weighted by Crippen LogP contribution is -2.15. The van der Waals surface area contributed by atoms with E-state index in [1.54, 1.807) is 0 Å². The molecule has 13 heteroatoms. The van der Waals surface area contributed by atoms with Crippen molar-refractivity contribution in [2.24, 2.45) is 0 Å². The highest BCUT2D eigenvalue weighted by molar-refractivity contribution is 5.95. The lowest BCUT2D eigenvalue weighted by atomic mass is 10.1. The Hall–Kier alpha value is -5.56. The van der Waals surface area contributed by atoms with Gasteiger partial charge < -0.3 is 33.2 Å². The van der Waals surface area contributed by atoms with Gasteiger partial charge in [-0.2, -0.15) is 0 Å². The highest BCUT2D eigenvalue weighted by atomic mass is 16.6. The van der Waals surface area contributed by atoms with E-state index in [1.807, 2.05) is 0 Å². The molecule has 0 fully saturated rings. The molecule has 0 aromatic heterocycles. The minimum Gasteiger partial charge on any atom is -0.460 e. The van der Waals surface area contributed by atoms with Gasteiger partial charge in [0.05, 0.1) is 46.6 Å². The Morgan fingerprint density at radius 3 is 0.600 bits per heavy atom. The molecule has 4 heterocycles. The Labute approximate surface area is 256 Å². The van der Waals surface area contributed by atoms with Crippen molar-refractivity contribution < 1.29 is 61.9 Å². The molecule has 0 amide bonds. The van der Waals surface area contributed by atoms with Gasteiger partial charge in [0, 0.05) is 0 Å². The maximum atomic E-state index is 12.3. The van der Waals surface area contributed by atoms with E-state index < -0.39 is 35.8 Å². The minimum absolute atomic E-state index is 0.0551. The number of fused-ring (bicyclic) bond motifs is 3. The molecule has 6 bridgehead atoms. The van der Waals surface area contributed by atoms with Crippen LogP contribution in [0.5, 0.6) is 0 Å². The molecule has 0 saturated heterocycles. The Morgan fingerprint density at radius 2 is 0.422 bits per heavy atom. The van der Waals surface area contributed by atoms with Gasteiger partial charge in [0.2, 0.25) is 0 Å². The average molecular weight is 621 g/mol. The number of ether oxygens (including phenoxy) is 7. The molecule has 0 spiro atoms. The van der Waals surface area contributed by atoms with E-state index in [4.69, 9.17) is 33.2 Å². The molecule has 234 valence electrons. The summed E-state index contributed by atoms with van der Waals surface area (Å²) in [5.41, 5.74) is 1.07. The topological polar surface area (TPSA) is 167 Å². The zero-order valence-electron chi connectivity index (χ0n) is 23.9. The molecule has 0 N–H and O–H groups in total. The molecule has 0 unspecified atom stereocenters. The second-order valence-corrected chi connectivity index (χ2v) is 9.16. The van der Waals surface area contributed by atoms with Gasteiger partial charge in [-0.3, -0.25) is 0 Å². The summed E-state index contributed by atoms with van der Waals surface area (Å²) in [6.45, 7) is -0.863. The van der Waals surface area contributed by atoms with E-state index in [0.29, 0.717) is 0 Å². The van der Waals surface area contributed by atoms with Crippen molar-refractivity contribution >= 4 is 35.8 Å². The molecule has 0 aliphatic carbocycles. The molecule has 4 aliphatic heterocycles. The minimum atomic E-state index is -0.697. The first-order valence-corrected chi connectivity index (χ1v) is 13.7. The SMILES string of the molecule is O=C1OCCOCCOC(=O)c2ccc(cc2)C(=O)OCCOC(=O)c2ccc(cc2)C(=O)OCCOC(=O)c2ccc1cc2. The van der Waals surface area contributed by atoms with Crippen LogP contribution in [0.25, 0.3) is 0 Å². The van der Waals surface area contributed by atoms with Crippen LogP contribution in [0.3, 0.4) is 0 Å². The Bertz CT molecular complexity index is 1400. The zero-order chi connectivity index (χ0) is 32.0. The summed E-state index contributed by atoms with van der Waals surface area (Å²) >= 11 is 0. The summed E-state index contributed by atoms with van der Waals surface area (Å²) in [4.78, 5) is 73.7. The lowest BCUT2D eigenvalue weighted by Gasteiger charge is -2.08. The summed E-state index contributed by atoms with van der Waals surface area (Å²) < 4.78 is 36.0. The highest BCUT2D eigenvalue weighted by Gasteiger charge is 2.15. The van der Waals surface area contributed by atoms with Crippen LogP contribution in [0.2, 0.25) is 0 Å². The van der Waals surface area contributed by atoms with Crippen molar-refractivity contribution in [1.29, 1.82) is 0 Å². The highest BCUT2D eigenvalue weighted by Crippen LogP contribution is 2.11. The van der Waals surface area contributed by atoms with Crippen molar-refractivity contribution in [3.63, 3.8) is 0 Å². The first-order valence-electron chi connectivity index (χ1n) is 13.7. The van der Waals surface area contributed by atoms with Gasteiger partial charge >= 0.3 is 35.8 Å².